The fraction of sp³-hybridized carbons (Fsp3) is 0.474. The third kappa shape index (κ3) is 3.61. The van der Waals surface area contributed by atoms with E-state index < -0.39 is 11.9 Å². The molecule has 0 spiro atoms. The van der Waals surface area contributed by atoms with Crippen molar-refractivity contribution in [2.24, 2.45) is 11.8 Å². The normalized spacial score (nSPS) is 22.1. The third-order valence-corrected chi connectivity index (χ3v) is 4.98. The molecular formula is C19H21NO6. The molecule has 2 atom stereocenters. The second kappa shape index (κ2) is 7.68. The number of ether oxygens (including phenoxy) is 2. The molecule has 3 rings (SSSR count). The Kier molecular flexibility index (Phi) is 5.35. The highest BCUT2D eigenvalue weighted by Gasteiger charge is 2.47. The van der Waals surface area contributed by atoms with E-state index in [0.29, 0.717) is 5.56 Å². The highest BCUT2D eigenvalue weighted by Crippen LogP contribution is 2.37. The maximum Gasteiger partial charge on any atom is 0.337 e. The number of esters is 2. The number of likely N-dealkylation sites (tertiary alicyclic amines) is 1. The van der Waals surface area contributed by atoms with Crippen LogP contribution in [0.4, 0.5) is 0 Å². The number of fused-ring (bicyclic) bond motifs is 1. The summed E-state index contributed by atoms with van der Waals surface area (Å²) in [6.07, 6.45) is 3.39. The van der Waals surface area contributed by atoms with Crippen LogP contribution in [0.5, 0.6) is 5.75 Å². The first kappa shape index (κ1) is 18.1. The van der Waals surface area contributed by atoms with Crippen molar-refractivity contribution in [3.05, 3.63) is 29.8 Å². The summed E-state index contributed by atoms with van der Waals surface area (Å²) in [5.41, 5.74) is 0.350. The summed E-state index contributed by atoms with van der Waals surface area (Å²) in [7, 11) is 1.29. The lowest BCUT2D eigenvalue weighted by Gasteiger charge is -2.19. The smallest absolute Gasteiger partial charge is 0.337 e. The lowest BCUT2D eigenvalue weighted by atomic mass is 9.81. The zero-order valence-electron chi connectivity index (χ0n) is 14.6. The van der Waals surface area contributed by atoms with Crippen LogP contribution in [0.25, 0.3) is 0 Å². The molecule has 0 unspecified atom stereocenters. The molecule has 0 radical (unpaired) electrons. The number of imide groups is 1. The van der Waals surface area contributed by atoms with E-state index in [1.165, 1.54) is 36.3 Å². The van der Waals surface area contributed by atoms with Crippen LogP contribution < -0.4 is 4.74 Å². The summed E-state index contributed by atoms with van der Waals surface area (Å²) >= 11 is 0. The van der Waals surface area contributed by atoms with Crippen molar-refractivity contribution in [2.45, 2.75) is 32.1 Å². The summed E-state index contributed by atoms with van der Waals surface area (Å²) < 4.78 is 9.79. The maximum absolute atomic E-state index is 12.4. The zero-order valence-corrected chi connectivity index (χ0v) is 14.6. The van der Waals surface area contributed by atoms with E-state index in [1.807, 2.05) is 0 Å². The van der Waals surface area contributed by atoms with Crippen LogP contribution in [-0.4, -0.2) is 42.3 Å². The molecule has 0 bridgehead atoms. The minimum Gasteiger partial charge on any atom is -0.465 e. The average molecular weight is 359 g/mol. The predicted molar refractivity (Wildman–Crippen MR) is 90.2 cm³/mol. The Labute approximate surface area is 151 Å². The number of carbonyl (C=O) groups excluding carboxylic acids is 4. The van der Waals surface area contributed by atoms with E-state index in [2.05, 4.69) is 4.74 Å². The average Bonchev–Trinajstić information content (AvgIpc) is 2.91. The number of nitrogens with zero attached hydrogens (tertiary/aromatic N) is 1. The van der Waals surface area contributed by atoms with Gasteiger partial charge >= 0.3 is 11.9 Å². The van der Waals surface area contributed by atoms with Gasteiger partial charge < -0.3 is 9.47 Å². The van der Waals surface area contributed by atoms with Gasteiger partial charge in [-0.15, -0.1) is 0 Å². The number of amides is 2. The topological polar surface area (TPSA) is 90.0 Å². The first-order valence-electron chi connectivity index (χ1n) is 8.75. The van der Waals surface area contributed by atoms with Gasteiger partial charge in [-0.05, 0) is 37.1 Å². The van der Waals surface area contributed by atoms with Gasteiger partial charge in [-0.25, -0.2) is 4.79 Å². The molecule has 0 N–H and O–H groups in total. The van der Waals surface area contributed by atoms with Gasteiger partial charge in [0.05, 0.1) is 30.9 Å². The van der Waals surface area contributed by atoms with Crippen molar-refractivity contribution >= 4 is 23.8 Å². The maximum atomic E-state index is 12.4. The molecule has 1 aliphatic heterocycles. The van der Waals surface area contributed by atoms with Gasteiger partial charge in [-0.2, -0.15) is 0 Å². The Morgan fingerprint density at radius 2 is 1.62 bits per heavy atom. The Morgan fingerprint density at radius 1 is 1.04 bits per heavy atom. The molecule has 1 aromatic rings. The van der Waals surface area contributed by atoms with Crippen molar-refractivity contribution in [3.8, 4) is 5.75 Å². The highest BCUT2D eigenvalue weighted by atomic mass is 16.5. The van der Waals surface area contributed by atoms with Crippen molar-refractivity contribution in [3.63, 3.8) is 0 Å². The Balaban J connectivity index is 1.53. The Hall–Kier alpha value is -2.70. The van der Waals surface area contributed by atoms with Crippen molar-refractivity contribution in [1.82, 2.24) is 4.90 Å². The van der Waals surface area contributed by atoms with Crippen LogP contribution in [-0.2, 0) is 19.1 Å². The molecule has 1 saturated heterocycles. The summed E-state index contributed by atoms with van der Waals surface area (Å²) in [4.78, 5) is 49.3. The second-order valence-corrected chi connectivity index (χ2v) is 6.57. The van der Waals surface area contributed by atoms with E-state index in [0.717, 1.165) is 25.7 Å². The van der Waals surface area contributed by atoms with Crippen LogP contribution in [0.3, 0.4) is 0 Å². The lowest BCUT2D eigenvalue weighted by Crippen LogP contribution is -2.33. The van der Waals surface area contributed by atoms with Gasteiger partial charge in [0, 0.05) is 6.54 Å². The SMILES string of the molecule is COC(=O)c1ccc(OC(=O)CCN2C(=O)[C@H]3CCCC[C@H]3C2=O)cc1. The zero-order chi connectivity index (χ0) is 18.7. The van der Waals surface area contributed by atoms with Crippen LogP contribution in [0.1, 0.15) is 42.5 Å². The molecule has 7 heteroatoms. The number of carbonyl (C=O) groups is 4. The van der Waals surface area contributed by atoms with Crippen molar-refractivity contribution in [1.29, 1.82) is 0 Å². The van der Waals surface area contributed by atoms with Gasteiger partial charge in [0.2, 0.25) is 11.8 Å². The largest absolute Gasteiger partial charge is 0.465 e. The molecule has 26 heavy (non-hydrogen) atoms. The van der Waals surface area contributed by atoms with Gasteiger partial charge in [-0.3, -0.25) is 19.3 Å². The second-order valence-electron chi connectivity index (χ2n) is 6.57. The van der Waals surface area contributed by atoms with E-state index >= 15 is 0 Å². The van der Waals surface area contributed by atoms with Gasteiger partial charge in [0.15, 0.2) is 0 Å². The minimum atomic E-state index is -0.536. The number of hydrogen-bond donors (Lipinski definition) is 0. The predicted octanol–water partition coefficient (Wildman–Crippen LogP) is 1.94. The fourth-order valence-corrected chi connectivity index (χ4v) is 3.61. The highest BCUT2D eigenvalue weighted by molar-refractivity contribution is 6.05. The number of hydrogen-bond acceptors (Lipinski definition) is 6. The number of rotatable bonds is 5. The van der Waals surface area contributed by atoms with E-state index in [-0.39, 0.29) is 42.4 Å². The molecule has 2 amide bonds. The molecule has 2 fully saturated rings. The summed E-state index contributed by atoms with van der Waals surface area (Å²) in [5.74, 6) is -1.46. The third-order valence-electron chi connectivity index (χ3n) is 4.98. The number of methoxy groups -OCH3 is 1. The van der Waals surface area contributed by atoms with E-state index in [9.17, 15) is 19.2 Å². The monoisotopic (exact) mass is 359 g/mol. The molecule has 0 aromatic heterocycles. The first-order valence-corrected chi connectivity index (χ1v) is 8.75. The summed E-state index contributed by atoms with van der Waals surface area (Å²) in [5, 5.41) is 0. The molecule has 1 aromatic carbocycles. The first-order chi connectivity index (χ1) is 12.5. The molecule has 138 valence electrons. The minimum absolute atomic E-state index is 0.0454. The molecular weight excluding hydrogens is 338 g/mol. The van der Waals surface area contributed by atoms with E-state index in [1.54, 1.807) is 0 Å². The standard InChI is InChI=1S/C19H21NO6/c1-25-19(24)12-6-8-13(9-7-12)26-16(21)10-11-20-17(22)14-4-2-3-5-15(14)18(20)23/h6-9,14-15H,2-5,10-11H2,1H3/t14-,15+. The quantitative estimate of drug-likeness (QED) is 0.453. The van der Waals surface area contributed by atoms with Crippen LogP contribution in [0, 0.1) is 11.8 Å². The van der Waals surface area contributed by atoms with Crippen LogP contribution >= 0.6 is 0 Å². The molecule has 1 saturated carbocycles. The van der Waals surface area contributed by atoms with Crippen LogP contribution in [0.2, 0.25) is 0 Å². The summed E-state index contributed by atoms with van der Waals surface area (Å²) in [6, 6.07) is 5.97. The van der Waals surface area contributed by atoms with Gasteiger partial charge in [-0.1, -0.05) is 12.8 Å². The van der Waals surface area contributed by atoms with Crippen LogP contribution in [0.15, 0.2) is 24.3 Å². The molecule has 2 aliphatic rings. The van der Waals surface area contributed by atoms with Gasteiger partial charge in [0.25, 0.3) is 0 Å². The molecule has 1 heterocycles. The summed E-state index contributed by atoms with van der Waals surface area (Å²) in [6.45, 7) is 0.0454. The molecule has 1 aliphatic carbocycles. The Bertz CT molecular complexity index is 702. The lowest BCUT2D eigenvalue weighted by molar-refractivity contribution is -0.141. The number of benzene rings is 1. The van der Waals surface area contributed by atoms with Gasteiger partial charge in [0.1, 0.15) is 5.75 Å². The van der Waals surface area contributed by atoms with Crippen molar-refractivity contribution in [2.75, 3.05) is 13.7 Å². The Morgan fingerprint density at radius 3 is 2.15 bits per heavy atom. The van der Waals surface area contributed by atoms with Crippen molar-refractivity contribution < 1.29 is 28.7 Å². The molecule has 7 nitrogen and oxygen atoms in total. The fourth-order valence-electron chi connectivity index (χ4n) is 3.61. The van der Waals surface area contributed by atoms with E-state index in [4.69, 9.17) is 4.74 Å².